The van der Waals surface area contributed by atoms with Gasteiger partial charge in [0.15, 0.2) is 0 Å². The Morgan fingerprint density at radius 1 is 1.60 bits per heavy atom. The van der Waals surface area contributed by atoms with Crippen LogP contribution in [0.1, 0.15) is 5.56 Å². The van der Waals surface area contributed by atoms with E-state index in [1.165, 1.54) is 6.08 Å². The molecule has 0 saturated heterocycles. The van der Waals surface area contributed by atoms with E-state index in [-0.39, 0.29) is 5.57 Å². The van der Waals surface area contributed by atoms with Gasteiger partial charge < -0.3 is 5.11 Å². The van der Waals surface area contributed by atoms with Crippen LogP contribution in [0.2, 0.25) is 5.02 Å². The van der Waals surface area contributed by atoms with Crippen molar-refractivity contribution >= 4 is 39.6 Å². The van der Waals surface area contributed by atoms with Gasteiger partial charge in [-0.05, 0) is 39.7 Å². The van der Waals surface area contributed by atoms with Gasteiger partial charge in [-0.2, -0.15) is 5.26 Å². The number of benzene rings is 1. The summed E-state index contributed by atoms with van der Waals surface area (Å²) in [5, 5.41) is 17.6. The van der Waals surface area contributed by atoms with Gasteiger partial charge in [0.05, 0.1) is 5.02 Å². The van der Waals surface area contributed by atoms with E-state index >= 15 is 0 Å². The van der Waals surface area contributed by atoms with Gasteiger partial charge in [-0.25, -0.2) is 4.79 Å². The monoisotopic (exact) mass is 285 g/mol. The molecule has 0 fully saturated rings. The first kappa shape index (κ1) is 11.8. The Hall–Kier alpha value is -1.31. The molecule has 0 aliphatic rings. The highest BCUT2D eigenvalue weighted by Gasteiger charge is 2.06. The third kappa shape index (κ3) is 3.08. The molecule has 0 heterocycles. The Labute approximate surface area is 99.7 Å². The highest BCUT2D eigenvalue weighted by Crippen LogP contribution is 2.24. The summed E-state index contributed by atoms with van der Waals surface area (Å²) in [6.07, 6.45) is 1.26. The summed E-state index contributed by atoms with van der Waals surface area (Å²) in [4.78, 5) is 10.6. The highest BCUT2D eigenvalue weighted by molar-refractivity contribution is 9.10. The molecule has 0 saturated carbocycles. The van der Waals surface area contributed by atoms with Crippen LogP contribution in [0.3, 0.4) is 0 Å². The Balaban J connectivity index is 3.14. The zero-order valence-electron chi connectivity index (χ0n) is 7.37. The number of aliphatic carboxylic acids is 1. The molecular weight excluding hydrogens is 281 g/mol. The van der Waals surface area contributed by atoms with Gasteiger partial charge in [-0.15, -0.1) is 0 Å². The number of nitrogens with zero attached hydrogens (tertiary/aromatic N) is 1. The average Bonchev–Trinajstić information content (AvgIpc) is 2.19. The van der Waals surface area contributed by atoms with E-state index in [0.717, 1.165) is 4.47 Å². The fourth-order valence-electron chi connectivity index (χ4n) is 0.911. The third-order valence-corrected chi connectivity index (χ3v) is 2.84. The number of carboxylic acids is 1. The van der Waals surface area contributed by atoms with Gasteiger partial charge in [0.1, 0.15) is 11.6 Å². The van der Waals surface area contributed by atoms with Crippen molar-refractivity contribution in [1.82, 2.24) is 0 Å². The van der Waals surface area contributed by atoms with E-state index in [2.05, 4.69) is 15.9 Å². The number of carbonyl (C=O) groups is 1. The van der Waals surface area contributed by atoms with Crippen molar-refractivity contribution in [2.45, 2.75) is 0 Å². The Bertz CT molecular complexity index is 477. The van der Waals surface area contributed by atoms with Crippen molar-refractivity contribution in [2.75, 3.05) is 0 Å². The van der Waals surface area contributed by atoms with Crippen molar-refractivity contribution in [3.05, 3.63) is 38.8 Å². The molecule has 0 aliphatic heterocycles. The highest BCUT2D eigenvalue weighted by atomic mass is 79.9. The third-order valence-electron chi connectivity index (χ3n) is 1.61. The van der Waals surface area contributed by atoms with Crippen LogP contribution >= 0.6 is 27.5 Å². The van der Waals surface area contributed by atoms with Crippen LogP contribution in [0.4, 0.5) is 0 Å². The lowest BCUT2D eigenvalue weighted by Crippen LogP contribution is -1.97. The Kier molecular flexibility index (Phi) is 3.89. The summed E-state index contributed by atoms with van der Waals surface area (Å²) in [7, 11) is 0. The standard InChI is InChI=1S/C10H5BrClNO2/c11-8-2-1-6(4-9(8)12)3-7(5-13)10(14)15/h1-4H,(H,14,15)/b7-3+. The van der Waals surface area contributed by atoms with Crippen LogP contribution in [0.15, 0.2) is 28.2 Å². The molecule has 1 rings (SSSR count). The maximum Gasteiger partial charge on any atom is 0.346 e. The minimum atomic E-state index is -1.25. The van der Waals surface area contributed by atoms with Crippen LogP contribution < -0.4 is 0 Å². The summed E-state index contributed by atoms with van der Waals surface area (Å²) in [6.45, 7) is 0. The second kappa shape index (κ2) is 4.96. The minimum Gasteiger partial charge on any atom is -0.477 e. The van der Waals surface area contributed by atoms with E-state index in [1.54, 1.807) is 24.3 Å². The predicted molar refractivity (Wildman–Crippen MR) is 60.4 cm³/mol. The molecule has 1 N–H and O–H groups in total. The summed E-state index contributed by atoms with van der Waals surface area (Å²) < 4.78 is 0.718. The zero-order chi connectivity index (χ0) is 11.4. The minimum absolute atomic E-state index is 0.326. The molecule has 0 unspecified atom stereocenters. The molecule has 3 nitrogen and oxygen atoms in total. The van der Waals surface area contributed by atoms with Crippen molar-refractivity contribution < 1.29 is 9.90 Å². The SMILES string of the molecule is N#C/C(=C\c1ccc(Br)c(Cl)c1)C(=O)O. The lowest BCUT2D eigenvalue weighted by molar-refractivity contribution is -0.132. The lowest BCUT2D eigenvalue weighted by Gasteiger charge is -1.98. The van der Waals surface area contributed by atoms with Crippen molar-refractivity contribution in [1.29, 1.82) is 5.26 Å². The van der Waals surface area contributed by atoms with Crippen LogP contribution in [0.5, 0.6) is 0 Å². The number of carboxylic acid groups (broad SMARTS) is 1. The lowest BCUT2D eigenvalue weighted by atomic mass is 10.1. The first-order valence-corrected chi connectivity index (χ1v) is 5.02. The molecule has 5 heteroatoms. The molecule has 0 aliphatic carbocycles. The summed E-state index contributed by atoms with van der Waals surface area (Å²) in [5.41, 5.74) is 0.246. The van der Waals surface area contributed by atoms with Crippen LogP contribution in [0, 0.1) is 11.3 Å². The van der Waals surface area contributed by atoms with Crippen molar-refractivity contribution in [2.24, 2.45) is 0 Å². The fourth-order valence-corrected chi connectivity index (χ4v) is 1.35. The zero-order valence-corrected chi connectivity index (χ0v) is 9.71. The van der Waals surface area contributed by atoms with Gasteiger partial charge in [0.25, 0.3) is 0 Å². The van der Waals surface area contributed by atoms with Gasteiger partial charge in [-0.3, -0.25) is 0 Å². The molecule has 0 radical (unpaired) electrons. The molecule has 0 atom stereocenters. The molecule has 0 bridgehead atoms. The summed E-state index contributed by atoms with van der Waals surface area (Å²) >= 11 is 9.02. The largest absolute Gasteiger partial charge is 0.477 e. The van der Waals surface area contributed by atoms with Crippen molar-refractivity contribution in [3.63, 3.8) is 0 Å². The van der Waals surface area contributed by atoms with E-state index in [9.17, 15) is 4.79 Å². The molecular formula is C10H5BrClNO2. The molecule has 76 valence electrons. The van der Waals surface area contributed by atoms with E-state index in [4.69, 9.17) is 22.0 Å². The first-order valence-electron chi connectivity index (χ1n) is 3.84. The Morgan fingerprint density at radius 2 is 2.27 bits per heavy atom. The molecule has 0 amide bonds. The van der Waals surface area contributed by atoms with E-state index in [0.29, 0.717) is 10.6 Å². The second-order valence-electron chi connectivity index (χ2n) is 2.65. The maximum absolute atomic E-state index is 10.6. The van der Waals surface area contributed by atoms with Crippen LogP contribution in [-0.4, -0.2) is 11.1 Å². The maximum atomic E-state index is 10.6. The Morgan fingerprint density at radius 3 is 2.73 bits per heavy atom. The summed E-state index contributed by atoms with van der Waals surface area (Å²) in [6, 6.07) is 6.51. The number of hydrogen-bond donors (Lipinski definition) is 1. The van der Waals surface area contributed by atoms with Crippen LogP contribution in [-0.2, 0) is 4.79 Å². The van der Waals surface area contributed by atoms with Gasteiger partial charge in [-0.1, -0.05) is 17.7 Å². The topological polar surface area (TPSA) is 61.1 Å². The molecule has 1 aromatic rings. The van der Waals surface area contributed by atoms with Gasteiger partial charge >= 0.3 is 5.97 Å². The quantitative estimate of drug-likeness (QED) is 0.671. The molecule has 15 heavy (non-hydrogen) atoms. The number of halogens is 2. The molecule has 0 spiro atoms. The first-order chi connectivity index (χ1) is 7.04. The van der Waals surface area contributed by atoms with E-state index in [1.807, 2.05) is 0 Å². The molecule has 1 aromatic carbocycles. The summed E-state index contributed by atoms with van der Waals surface area (Å²) in [5.74, 6) is -1.25. The average molecular weight is 287 g/mol. The smallest absolute Gasteiger partial charge is 0.346 e. The number of nitriles is 1. The van der Waals surface area contributed by atoms with Crippen molar-refractivity contribution in [3.8, 4) is 6.07 Å². The number of rotatable bonds is 2. The predicted octanol–water partition coefficient (Wildman–Crippen LogP) is 3.09. The van der Waals surface area contributed by atoms with Gasteiger partial charge in [0.2, 0.25) is 0 Å². The number of hydrogen-bond acceptors (Lipinski definition) is 2. The second-order valence-corrected chi connectivity index (χ2v) is 3.91. The fraction of sp³-hybridized carbons (Fsp3) is 0. The van der Waals surface area contributed by atoms with Gasteiger partial charge in [0, 0.05) is 4.47 Å². The normalized spacial score (nSPS) is 10.9. The molecule has 0 aromatic heterocycles. The van der Waals surface area contributed by atoms with Crippen LogP contribution in [0.25, 0.3) is 6.08 Å². The van der Waals surface area contributed by atoms with E-state index < -0.39 is 5.97 Å².